The fraction of sp³-hybridized carbons (Fsp3) is 0.615. The molecule has 2 aromatic rings. The molecule has 8 N–H and O–H groups in total. The molecule has 1 saturated heterocycles. The van der Waals surface area contributed by atoms with E-state index >= 15 is 0 Å². The van der Waals surface area contributed by atoms with Crippen LogP contribution in [0.25, 0.3) is 11.2 Å². The number of hydrogen-bond acceptors (Lipinski definition) is 13. The summed E-state index contributed by atoms with van der Waals surface area (Å²) in [5, 5.41) is 21.3. The Balaban J connectivity index is 1.85. The van der Waals surface area contributed by atoms with E-state index < -0.39 is 64.6 Å². The molecular formula is C13H21N5O13P3-. The Hall–Kier alpha value is -1.52. The molecule has 3 heterocycles. The Morgan fingerprint density at radius 3 is 2.47 bits per heavy atom. The first-order chi connectivity index (χ1) is 15.3. The Kier molecular flexibility index (Phi) is 6.81. The third-order valence-corrected chi connectivity index (χ3v) is 10.1. The third kappa shape index (κ3) is 5.33. The fourth-order valence-corrected chi connectivity index (χ4v) is 7.81. The highest BCUT2D eigenvalue weighted by molar-refractivity contribution is 7.73. The number of fused-ring (bicyclic) bond motifs is 1. The molecule has 4 unspecified atom stereocenters. The van der Waals surface area contributed by atoms with E-state index in [9.17, 15) is 38.5 Å². The van der Waals surface area contributed by atoms with Gasteiger partial charge in [-0.05, 0) is 13.8 Å². The van der Waals surface area contributed by atoms with Gasteiger partial charge >= 0.3 is 15.2 Å². The van der Waals surface area contributed by atoms with Crippen LogP contribution in [0.2, 0.25) is 0 Å². The molecule has 1 aliphatic rings. The van der Waals surface area contributed by atoms with Gasteiger partial charge in [-0.3, -0.25) is 28.0 Å². The summed E-state index contributed by atoms with van der Waals surface area (Å²) >= 11 is 0. The lowest BCUT2D eigenvalue weighted by Gasteiger charge is -2.33. The molecule has 3 rings (SSSR count). The smallest absolute Gasteiger partial charge is 0.346 e. The highest BCUT2D eigenvalue weighted by Gasteiger charge is 2.59. The van der Waals surface area contributed by atoms with Crippen molar-refractivity contribution in [1.82, 2.24) is 19.5 Å². The first-order valence-electron chi connectivity index (χ1n) is 9.12. The zero-order chi connectivity index (χ0) is 25.9. The minimum absolute atomic E-state index is 0.128. The van der Waals surface area contributed by atoms with Crippen LogP contribution in [-0.2, 0) is 33.0 Å². The van der Waals surface area contributed by atoms with E-state index in [1.807, 2.05) is 0 Å². The van der Waals surface area contributed by atoms with E-state index in [1.165, 1.54) is 6.92 Å². The lowest BCUT2D eigenvalue weighted by atomic mass is 9.96. The first-order valence-corrected chi connectivity index (χ1v) is 14.1. The lowest BCUT2D eigenvalue weighted by Crippen LogP contribution is -2.45. The van der Waals surface area contributed by atoms with E-state index in [2.05, 4.69) is 23.8 Å². The predicted molar refractivity (Wildman–Crippen MR) is 109 cm³/mol. The van der Waals surface area contributed by atoms with E-state index in [-0.39, 0.29) is 17.1 Å². The van der Waals surface area contributed by atoms with Gasteiger partial charge in [0.2, 0.25) is 5.95 Å². The van der Waals surface area contributed by atoms with Crippen LogP contribution in [0.3, 0.4) is 0 Å². The maximum absolute atomic E-state index is 12.0. The lowest BCUT2D eigenvalue weighted by molar-refractivity contribution is -0.228. The van der Waals surface area contributed by atoms with Crippen LogP contribution < -0.4 is 16.2 Å². The van der Waals surface area contributed by atoms with Crippen molar-refractivity contribution >= 4 is 40.1 Å². The minimum Gasteiger partial charge on any atom is -0.756 e. The molecule has 0 aliphatic carbocycles. The number of phosphoric acid groups is 1. The molecule has 2 aromatic heterocycles. The van der Waals surface area contributed by atoms with Gasteiger partial charge in [0.25, 0.3) is 13.4 Å². The van der Waals surface area contributed by atoms with Gasteiger partial charge in [0, 0.05) is 0 Å². The number of nitrogens with two attached hydrogens (primary N) is 1. The number of nitrogen functional groups attached to an aromatic ring is 1. The number of nitrogens with one attached hydrogen (secondary N) is 1. The van der Waals surface area contributed by atoms with Crippen LogP contribution in [0.15, 0.2) is 11.1 Å². The number of aromatic amines is 1. The molecule has 0 radical (unpaired) electrons. The van der Waals surface area contributed by atoms with Crippen molar-refractivity contribution in [2.45, 2.75) is 37.4 Å². The molecule has 0 bridgehead atoms. The van der Waals surface area contributed by atoms with E-state index in [1.54, 1.807) is 0 Å². The van der Waals surface area contributed by atoms with Gasteiger partial charge in [0.1, 0.15) is 17.8 Å². The molecule has 18 nitrogen and oxygen atoms in total. The van der Waals surface area contributed by atoms with Crippen molar-refractivity contribution in [3.05, 3.63) is 16.7 Å². The summed E-state index contributed by atoms with van der Waals surface area (Å²) in [7, 11) is -16.1. The van der Waals surface area contributed by atoms with E-state index in [4.69, 9.17) is 20.3 Å². The number of phosphoric ester groups is 1. The summed E-state index contributed by atoms with van der Waals surface area (Å²) < 4.78 is 49.8. The number of nitrogens with zero attached hydrogens (tertiary/aromatic N) is 3. The van der Waals surface area contributed by atoms with Crippen molar-refractivity contribution in [2.75, 3.05) is 18.2 Å². The van der Waals surface area contributed by atoms with Crippen LogP contribution >= 0.6 is 23.0 Å². The standard InChI is InChI=1S/C13H22N5O13P3/c1-12(3-29-34(27,28)31-33(25,26)5-32(22,23)24)7(19)8(20)13(2,30-12)18-4-15-6-9(18)16-11(14)17-10(6)21/h4,7-8,19-20H,3,5H2,1-2H3,(H,25,26)(H,27,28)(H2,22,23,24)(H3,14,16,17,21)/p-1/t7?,8?,12-,13-/m1/s1. The zero-order valence-corrected chi connectivity index (χ0v) is 20.1. The summed E-state index contributed by atoms with van der Waals surface area (Å²) in [5.74, 6) is -2.07. The second-order valence-corrected chi connectivity index (χ2v) is 13.4. The average molecular weight is 548 g/mol. The quantitative estimate of drug-likeness (QED) is 0.171. The fourth-order valence-electron chi connectivity index (χ4n) is 3.42. The van der Waals surface area contributed by atoms with Crippen LogP contribution in [0.5, 0.6) is 0 Å². The minimum atomic E-state index is -5.67. The number of hydrogen-bond donors (Lipinski definition) is 7. The second kappa shape index (κ2) is 8.55. The third-order valence-electron chi connectivity index (χ3n) is 4.92. The van der Waals surface area contributed by atoms with Gasteiger partial charge in [-0.1, -0.05) is 0 Å². The Morgan fingerprint density at radius 1 is 1.26 bits per heavy atom. The number of aliphatic hydroxyl groups is 2. The molecule has 1 fully saturated rings. The molecule has 0 spiro atoms. The van der Waals surface area contributed by atoms with Crippen LogP contribution in [-0.4, -0.2) is 74.7 Å². The molecule has 6 atom stereocenters. The molecule has 21 heteroatoms. The van der Waals surface area contributed by atoms with Gasteiger partial charge in [0.15, 0.2) is 22.8 Å². The summed E-state index contributed by atoms with van der Waals surface area (Å²) in [4.78, 5) is 60.9. The summed E-state index contributed by atoms with van der Waals surface area (Å²) in [6.07, 6.45) is -2.53. The van der Waals surface area contributed by atoms with Crippen molar-refractivity contribution in [2.24, 2.45) is 0 Å². The molecule has 1 aliphatic heterocycles. The molecular weight excluding hydrogens is 527 g/mol. The maximum atomic E-state index is 12.0. The number of aliphatic hydroxyl groups excluding tert-OH is 2. The molecule has 0 amide bonds. The molecule has 0 saturated carbocycles. The SMILES string of the molecule is C[C@]1(COP(=O)([O-])OP(=O)(O)CP(=O)(O)O)O[C@@](C)(n2cnc3c(=O)[nH]c(N)nc32)C(O)C1O. The number of aromatic nitrogens is 4. The molecule has 0 aromatic carbocycles. The average Bonchev–Trinajstić information content (AvgIpc) is 3.13. The molecule has 34 heavy (non-hydrogen) atoms. The Labute approximate surface area is 189 Å². The van der Waals surface area contributed by atoms with Gasteiger partial charge < -0.3 is 44.8 Å². The largest absolute Gasteiger partial charge is 0.756 e. The number of imidazole rings is 1. The van der Waals surface area contributed by atoms with E-state index in [0.29, 0.717) is 0 Å². The summed E-state index contributed by atoms with van der Waals surface area (Å²) in [6.45, 7) is 1.33. The summed E-state index contributed by atoms with van der Waals surface area (Å²) in [6, 6.07) is 0. The van der Waals surface area contributed by atoms with Gasteiger partial charge in [-0.2, -0.15) is 4.98 Å². The van der Waals surface area contributed by atoms with Crippen molar-refractivity contribution in [3.8, 4) is 0 Å². The highest BCUT2D eigenvalue weighted by atomic mass is 31.3. The highest BCUT2D eigenvalue weighted by Crippen LogP contribution is 2.63. The number of rotatable bonds is 8. The first kappa shape index (κ1) is 27.1. The maximum Gasteiger partial charge on any atom is 0.346 e. The monoisotopic (exact) mass is 548 g/mol. The normalized spacial score (nSPS) is 31.4. The van der Waals surface area contributed by atoms with Crippen LogP contribution in [0.4, 0.5) is 5.95 Å². The summed E-state index contributed by atoms with van der Waals surface area (Å²) in [5.41, 5.74) is 0.657. The van der Waals surface area contributed by atoms with Gasteiger partial charge in [-0.15, -0.1) is 0 Å². The molecule has 192 valence electrons. The number of anilines is 1. The van der Waals surface area contributed by atoms with Gasteiger partial charge in [-0.25, -0.2) is 9.29 Å². The van der Waals surface area contributed by atoms with Crippen LogP contribution in [0.1, 0.15) is 13.8 Å². The number of ether oxygens (including phenoxy) is 1. The van der Waals surface area contributed by atoms with Crippen molar-refractivity contribution in [1.29, 1.82) is 0 Å². The van der Waals surface area contributed by atoms with Crippen LogP contribution in [0, 0.1) is 0 Å². The van der Waals surface area contributed by atoms with Gasteiger partial charge in [0.05, 0.1) is 12.9 Å². The predicted octanol–water partition coefficient (Wildman–Crippen LogP) is -2.29. The number of H-pyrrole nitrogens is 1. The second-order valence-electron chi connectivity index (χ2n) is 7.84. The Bertz CT molecular complexity index is 1310. The topological polar surface area (TPSA) is 293 Å². The van der Waals surface area contributed by atoms with E-state index in [0.717, 1.165) is 17.8 Å². The zero-order valence-electron chi connectivity index (χ0n) is 17.4. The van der Waals surface area contributed by atoms with Crippen molar-refractivity contribution in [3.63, 3.8) is 0 Å². The Morgan fingerprint density at radius 2 is 1.88 bits per heavy atom. The van der Waals surface area contributed by atoms with Crippen molar-refractivity contribution < 1.29 is 57.1 Å².